The van der Waals surface area contributed by atoms with Crippen molar-refractivity contribution < 1.29 is 14.4 Å². The van der Waals surface area contributed by atoms with Gasteiger partial charge in [0.2, 0.25) is 5.91 Å². The number of thioether (sulfide) groups is 1. The number of carbonyl (C=O) groups excluding carboxylic acids is 3. The third kappa shape index (κ3) is 8.39. The Morgan fingerprint density at radius 3 is 2.35 bits per heavy atom. The Balaban J connectivity index is 1.25. The number of rotatable bonds is 10. The molecule has 0 aliphatic rings. The summed E-state index contributed by atoms with van der Waals surface area (Å²) >= 11 is 2.62. The van der Waals surface area contributed by atoms with Crippen LogP contribution in [0.15, 0.2) is 119 Å². The molecule has 0 atom stereocenters. The van der Waals surface area contributed by atoms with Crippen molar-refractivity contribution in [2.24, 2.45) is 0 Å². The van der Waals surface area contributed by atoms with Crippen LogP contribution in [0, 0.1) is 25.2 Å². The number of benzene rings is 4. The molecule has 228 valence electrons. The highest BCUT2D eigenvalue weighted by atomic mass is 32.2. The number of nitriles is 1. The van der Waals surface area contributed by atoms with E-state index in [1.165, 1.54) is 23.1 Å². The molecule has 1 heterocycles. The molecule has 0 saturated heterocycles. The normalized spacial score (nSPS) is 10.9. The van der Waals surface area contributed by atoms with Crippen LogP contribution in [-0.4, -0.2) is 23.5 Å². The van der Waals surface area contributed by atoms with Gasteiger partial charge in [-0.15, -0.1) is 23.1 Å². The van der Waals surface area contributed by atoms with Crippen molar-refractivity contribution in [3.63, 3.8) is 0 Å². The van der Waals surface area contributed by atoms with Gasteiger partial charge in [-0.25, -0.2) is 0 Å². The maximum Gasteiger partial charge on any atom is 0.272 e. The Hall–Kier alpha value is -5.43. The van der Waals surface area contributed by atoms with E-state index in [4.69, 9.17) is 0 Å². The predicted molar refractivity (Wildman–Crippen MR) is 187 cm³/mol. The number of thiophene rings is 1. The molecule has 3 amide bonds. The van der Waals surface area contributed by atoms with E-state index in [0.29, 0.717) is 21.8 Å². The molecule has 5 rings (SSSR count). The summed E-state index contributed by atoms with van der Waals surface area (Å²) in [6.45, 7) is 3.96. The van der Waals surface area contributed by atoms with Gasteiger partial charge >= 0.3 is 0 Å². The Labute approximate surface area is 276 Å². The first kappa shape index (κ1) is 32.0. The highest BCUT2D eigenvalue weighted by molar-refractivity contribution is 8.00. The van der Waals surface area contributed by atoms with Crippen molar-refractivity contribution in [2.45, 2.75) is 18.7 Å². The topological polar surface area (TPSA) is 111 Å². The van der Waals surface area contributed by atoms with Crippen LogP contribution in [0.3, 0.4) is 0 Å². The Bertz CT molecular complexity index is 1960. The number of amides is 3. The minimum atomic E-state index is -0.489. The zero-order valence-corrected chi connectivity index (χ0v) is 26.8. The largest absolute Gasteiger partial charge is 0.321 e. The molecule has 0 spiro atoms. The molecule has 0 radical (unpaired) electrons. The van der Waals surface area contributed by atoms with E-state index in [1.807, 2.05) is 79.9 Å². The molecule has 5 aromatic rings. The molecule has 0 fully saturated rings. The maximum atomic E-state index is 13.4. The summed E-state index contributed by atoms with van der Waals surface area (Å²) in [5.41, 5.74) is 6.08. The summed E-state index contributed by atoms with van der Waals surface area (Å²) in [7, 11) is 0. The van der Waals surface area contributed by atoms with Gasteiger partial charge in [0.25, 0.3) is 11.8 Å². The average molecular weight is 643 g/mol. The molecule has 46 heavy (non-hydrogen) atoms. The number of nitrogens with zero attached hydrogens (tertiary/aromatic N) is 1. The van der Waals surface area contributed by atoms with Gasteiger partial charge in [-0.1, -0.05) is 83.9 Å². The summed E-state index contributed by atoms with van der Waals surface area (Å²) in [5.74, 6) is -1.04. The maximum absolute atomic E-state index is 13.4. The molecule has 4 aromatic carbocycles. The summed E-state index contributed by atoms with van der Waals surface area (Å²) in [6.07, 6.45) is 1.64. The summed E-state index contributed by atoms with van der Waals surface area (Å²) in [4.78, 5) is 40.0. The van der Waals surface area contributed by atoms with E-state index in [-0.39, 0.29) is 17.4 Å². The molecule has 0 bridgehead atoms. The van der Waals surface area contributed by atoms with Gasteiger partial charge in [-0.05, 0) is 61.4 Å². The van der Waals surface area contributed by atoms with Gasteiger partial charge in [-0.2, -0.15) is 5.26 Å². The average Bonchev–Trinajstić information content (AvgIpc) is 3.46. The van der Waals surface area contributed by atoms with Gasteiger partial charge in [0.1, 0.15) is 16.8 Å². The minimum Gasteiger partial charge on any atom is -0.321 e. The smallest absolute Gasteiger partial charge is 0.272 e. The van der Waals surface area contributed by atoms with Crippen LogP contribution >= 0.6 is 23.1 Å². The second kappa shape index (κ2) is 15.0. The molecule has 7 nitrogen and oxygen atoms in total. The van der Waals surface area contributed by atoms with Crippen LogP contribution < -0.4 is 16.0 Å². The standard InChI is InChI=1S/C37H30N4O3S2/c1-24-14-16-27(17-15-24)32-22-46-37(31(32)21-38)41-34(42)23-45-30-13-7-12-29(20-30)39-36(44)33(19-26-9-6-8-25(2)18-26)40-35(43)28-10-4-3-5-11-28/h3-20,22H,23H2,1-2H3,(H,39,44)(H,40,43)(H,41,42)/b33-19+. The molecule has 0 aliphatic carbocycles. The number of hydrogen-bond donors (Lipinski definition) is 3. The van der Waals surface area contributed by atoms with Crippen LogP contribution in [0.4, 0.5) is 10.7 Å². The van der Waals surface area contributed by atoms with Crippen molar-refractivity contribution in [1.29, 1.82) is 5.26 Å². The van der Waals surface area contributed by atoms with Crippen molar-refractivity contribution >= 4 is 57.6 Å². The van der Waals surface area contributed by atoms with E-state index in [0.717, 1.165) is 32.7 Å². The lowest BCUT2D eigenvalue weighted by Gasteiger charge is -2.12. The molecule has 1 aromatic heterocycles. The minimum absolute atomic E-state index is 0.0890. The van der Waals surface area contributed by atoms with Crippen molar-refractivity contribution in [1.82, 2.24) is 5.32 Å². The summed E-state index contributed by atoms with van der Waals surface area (Å²) in [6, 6.07) is 33.6. The molecule has 3 N–H and O–H groups in total. The highest BCUT2D eigenvalue weighted by Crippen LogP contribution is 2.35. The first-order chi connectivity index (χ1) is 22.3. The fraction of sp³-hybridized carbons (Fsp3) is 0.0811. The third-order valence-electron chi connectivity index (χ3n) is 6.86. The molecule has 0 aliphatic heterocycles. The first-order valence-corrected chi connectivity index (χ1v) is 16.2. The number of hydrogen-bond acceptors (Lipinski definition) is 6. The second-order valence-corrected chi connectivity index (χ2v) is 12.4. The van der Waals surface area contributed by atoms with Gasteiger partial charge in [0, 0.05) is 27.1 Å². The number of carbonyl (C=O) groups is 3. The number of aryl methyl sites for hydroxylation is 2. The van der Waals surface area contributed by atoms with Gasteiger partial charge in [0.15, 0.2) is 0 Å². The lowest BCUT2D eigenvalue weighted by molar-refractivity contribution is -0.114. The van der Waals surface area contributed by atoms with Crippen LogP contribution in [0.2, 0.25) is 0 Å². The highest BCUT2D eigenvalue weighted by Gasteiger charge is 2.17. The molecule has 0 saturated carbocycles. The van der Waals surface area contributed by atoms with E-state index in [1.54, 1.807) is 48.5 Å². The zero-order chi connectivity index (χ0) is 32.5. The molecular weight excluding hydrogens is 613 g/mol. The summed E-state index contributed by atoms with van der Waals surface area (Å²) < 4.78 is 0. The van der Waals surface area contributed by atoms with Gasteiger partial charge < -0.3 is 16.0 Å². The molecular formula is C37H30N4O3S2. The lowest BCUT2D eigenvalue weighted by Crippen LogP contribution is -2.30. The van der Waals surface area contributed by atoms with E-state index >= 15 is 0 Å². The number of anilines is 2. The first-order valence-electron chi connectivity index (χ1n) is 14.4. The fourth-order valence-electron chi connectivity index (χ4n) is 4.55. The second-order valence-electron chi connectivity index (χ2n) is 10.4. The Kier molecular flexibility index (Phi) is 10.5. The van der Waals surface area contributed by atoms with Crippen molar-refractivity contribution in [3.8, 4) is 17.2 Å². The van der Waals surface area contributed by atoms with E-state index in [2.05, 4.69) is 22.0 Å². The predicted octanol–water partition coefficient (Wildman–Crippen LogP) is 8.04. The van der Waals surface area contributed by atoms with Crippen LogP contribution in [0.1, 0.15) is 32.6 Å². The van der Waals surface area contributed by atoms with Crippen LogP contribution in [-0.2, 0) is 9.59 Å². The summed E-state index contributed by atoms with van der Waals surface area (Å²) in [5, 5.41) is 20.7. The van der Waals surface area contributed by atoms with E-state index < -0.39 is 11.8 Å². The fourth-order valence-corrected chi connectivity index (χ4v) is 6.24. The SMILES string of the molecule is Cc1ccc(-c2csc(NC(=O)CSc3cccc(NC(=O)/C(=C\c4cccc(C)c4)NC(=O)c4ccccc4)c3)c2C#N)cc1. The number of nitrogens with one attached hydrogen (secondary N) is 3. The van der Waals surface area contributed by atoms with Crippen molar-refractivity contribution in [3.05, 3.63) is 142 Å². The lowest BCUT2D eigenvalue weighted by atomic mass is 10.0. The monoisotopic (exact) mass is 642 g/mol. The Morgan fingerprint density at radius 1 is 0.848 bits per heavy atom. The Morgan fingerprint density at radius 2 is 1.61 bits per heavy atom. The zero-order valence-electron chi connectivity index (χ0n) is 25.2. The van der Waals surface area contributed by atoms with Crippen LogP contribution in [0.5, 0.6) is 0 Å². The van der Waals surface area contributed by atoms with Crippen molar-refractivity contribution in [2.75, 3.05) is 16.4 Å². The third-order valence-corrected chi connectivity index (χ3v) is 8.75. The quantitative estimate of drug-likeness (QED) is 0.105. The van der Waals surface area contributed by atoms with Gasteiger partial charge in [-0.3, -0.25) is 14.4 Å². The van der Waals surface area contributed by atoms with Crippen LogP contribution in [0.25, 0.3) is 17.2 Å². The van der Waals surface area contributed by atoms with E-state index in [9.17, 15) is 19.6 Å². The molecule has 9 heteroatoms. The molecule has 0 unspecified atom stereocenters. The van der Waals surface area contributed by atoms with Gasteiger partial charge in [0.05, 0.1) is 11.3 Å².